The molecule has 4 rings (SSSR count). The second-order valence-corrected chi connectivity index (χ2v) is 8.62. The zero-order valence-electron chi connectivity index (χ0n) is 21.0. The minimum atomic E-state index is -0.0155. The van der Waals surface area contributed by atoms with E-state index in [1.54, 1.807) is 7.11 Å². The van der Waals surface area contributed by atoms with Crippen molar-refractivity contribution in [2.75, 3.05) is 26.7 Å². The van der Waals surface area contributed by atoms with Gasteiger partial charge in [-0.25, -0.2) is 0 Å². The third kappa shape index (κ3) is 6.24. The minimum absolute atomic E-state index is 0.0155. The number of nitrogens with zero attached hydrogens (tertiary/aromatic N) is 2. The number of amides is 1. The molecule has 4 aromatic rings. The fraction of sp³-hybridized carbons (Fsp3) is 0.276. The number of carbonyl (C=O) groups excluding carboxylic acids is 1. The summed E-state index contributed by atoms with van der Waals surface area (Å²) in [5.41, 5.74) is 7.07. The zero-order chi connectivity index (χ0) is 25.3. The van der Waals surface area contributed by atoms with Crippen molar-refractivity contribution in [3.05, 3.63) is 83.4 Å². The molecule has 1 heterocycles. The third-order valence-corrected chi connectivity index (χ3v) is 5.94. The van der Waals surface area contributed by atoms with E-state index in [4.69, 9.17) is 9.26 Å². The summed E-state index contributed by atoms with van der Waals surface area (Å²) in [6.07, 6.45) is 0.297. The van der Waals surface area contributed by atoms with Gasteiger partial charge in [0.05, 0.1) is 13.0 Å². The fourth-order valence-electron chi connectivity index (χ4n) is 4.13. The van der Waals surface area contributed by atoms with Gasteiger partial charge < -0.3 is 19.9 Å². The average molecular weight is 485 g/mol. The number of aromatic nitrogens is 2. The lowest BCUT2D eigenvalue weighted by atomic mass is 9.94. The van der Waals surface area contributed by atoms with E-state index in [-0.39, 0.29) is 5.91 Å². The zero-order valence-corrected chi connectivity index (χ0v) is 21.0. The smallest absolute Gasteiger partial charge is 0.258 e. The molecule has 0 aliphatic carbocycles. The quantitative estimate of drug-likeness (QED) is 0.298. The van der Waals surface area contributed by atoms with Gasteiger partial charge in [0, 0.05) is 31.3 Å². The second-order valence-electron chi connectivity index (χ2n) is 8.62. The summed E-state index contributed by atoms with van der Waals surface area (Å²) in [6.45, 7) is 6.85. The van der Waals surface area contributed by atoms with E-state index in [1.165, 1.54) is 11.1 Å². The Hall–Kier alpha value is -3.81. The Labute approximate surface area is 211 Å². The highest BCUT2D eigenvalue weighted by Crippen LogP contribution is 2.31. The van der Waals surface area contributed by atoms with E-state index in [0.717, 1.165) is 40.9 Å². The van der Waals surface area contributed by atoms with Crippen molar-refractivity contribution in [2.45, 2.75) is 26.9 Å². The molecule has 0 aliphatic heterocycles. The molecule has 186 valence electrons. The van der Waals surface area contributed by atoms with Gasteiger partial charge >= 0.3 is 0 Å². The van der Waals surface area contributed by atoms with Crippen molar-refractivity contribution in [3.63, 3.8) is 0 Å². The molecule has 0 radical (unpaired) electrons. The van der Waals surface area contributed by atoms with Crippen LogP contribution in [0.1, 0.15) is 23.6 Å². The van der Waals surface area contributed by atoms with E-state index >= 15 is 0 Å². The standard InChI is InChI=1S/C29H32N4O3/c1-4-30-14-15-31-27(34)17-21-9-7-10-22(16-21)28-32-29(36-33-28)23-12-13-26(24(18-23)19-35-3)25-11-6-5-8-20(25)2/h5-13,16,18,30H,4,14-15,17,19H2,1-3H3,(H,31,34). The van der Waals surface area contributed by atoms with Crippen molar-refractivity contribution in [1.82, 2.24) is 20.8 Å². The van der Waals surface area contributed by atoms with Crippen LogP contribution in [-0.4, -0.2) is 42.8 Å². The van der Waals surface area contributed by atoms with Crippen molar-refractivity contribution < 1.29 is 14.1 Å². The molecule has 0 saturated heterocycles. The second kappa shape index (κ2) is 12.2. The summed E-state index contributed by atoms with van der Waals surface area (Å²) in [5.74, 6) is 0.902. The summed E-state index contributed by atoms with van der Waals surface area (Å²) in [6, 6.07) is 22.1. The van der Waals surface area contributed by atoms with Gasteiger partial charge in [-0.15, -0.1) is 0 Å². The van der Waals surface area contributed by atoms with Crippen molar-refractivity contribution >= 4 is 5.91 Å². The van der Waals surface area contributed by atoms with Crippen LogP contribution < -0.4 is 10.6 Å². The minimum Gasteiger partial charge on any atom is -0.380 e. The lowest BCUT2D eigenvalue weighted by molar-refractivity contribution is -0.120. The normalized spacial score (nSPS) is 11.0. The average Bonchev–Trinajstić information content (AvgIpc) is 3.38. The number of likely N-dealkylation sites (N-methyl/N-ethyl adjacent to an activating group) is 1. The number of carbonyl (C=O) groups is 1. The monoisotopic (exact) mass is 484 g/mol. The van der Waals surface area contributed by atoms with Crippen LogP contribution in [0.15, 0.2) is 71.3 Å². The molecule has 7 heteroatoms. The molecular weight excluding hydrogens is 452 g/mol. The first-order valence-electron chi connectivity index (χ1n) is 12.2. The maximum absolute atomic E-state index is 12.2. The number of ether oxygens (including phenoxy) is 1. The number of aryl methyl sites for hydroxylation is 1. The highest BCUT2D eigenvalue weighted by atomic mass is 16.5. The first kappa shape index (κ1) is 25.3. The molecule has 2 N–H and O–H groups in total. The van der Waals surface area contributed by atoms with E-state index in [0.29, 0.717) is 31.3 Å². The highest BCUT2D eigenvalue weighted by molar-refractivity contribution is 5.79. The van der Waals surface area contributed by atoms with E-state index in [2.05, 4.69) is 45.9 Å². The van der Waals surface area contributed by atoms with Crippen molar-refractivity contribution in [1.29, 1.82) is 0 Å². The van der Waals surface area contributed by atoms with Crippen molar-refractivity contribution in [3.8, 4) is 34.0 Å². The molecule has 0 atom stereocenters. The summed E-state index contributed by atoms with van der Waals surface area (Å²) in [7, 11) is 1.69. The van der Waals surface area contributed by atoms with Gasteiger partial charge in [-0.05, 0) is 59.5 Å². The van der Waals surface area contributed by atoms with Gasteiger partial charge in [-0.2, -0.15) is 4.98 Å². The Morgan fingerprint density at radius 3 is 2.64 bits per heavy atom. The Bertz CT molecular complexity index is 1320. The van der Waals surface area contributed by atoms with E-state index in [1.807, 2.05) is 55.5 Å². The number of hydrogen-bond acceptors (Lipinski definition) is 6. The first-order valence-corrected chi connectivity index (χ1v) is 12.2. The molecule has 36 heavy (non-hydrogen) atoms. The lowest BCUT2D eigenvalue weighted by Crippen LogP contribution is -2.32. The number of methoxy groups -OCH3 is 1. The number of benzene rings is 3. The topological polar surface area (TPSA) is 89.3 Å². The molecule has 0 bridgehead atoms. The van der Waals surface area contributed by atoms with Gasteiger partial charge in [0.15, 0.2) is 0 Å². The molecule has 0 spiro atoms. The van der Waals surface area contributed by atoms with Gasteiger partial charge in [0.25, 0.3) is 5.89 Å². The first-order chi connectivity index (χ1) is 17.6. The van der Waals surface area contributed by atoms with Crippen molar-refractivity contribution in [2.24, 2.45) is 0 Å². The molecule has 0 aliphatic rings. The maximum Gasteiger partial charge on any atom is 0.258 e. The number of hydrogen-bond donors (Lipinski definition) is 2. The Kier molecular flexibility index (Phi) is 8.60. The Morgan fingerprint density at radius 2 is 1.83 bits per heavy atom. The Balaban J connectivity index is 1.53. The summed E-state index contributed by atoms with van der Waals surface area (Å²) in [4.78, 5) is 16.9. The molecular formula is C29H32N4O3. The SMILES string of the molecule is CCNCCNC(=O)Cc1cccc(-c2noc(-c3ccc(-c4ccccc4C)c(COC)c3)n2)c1. The predicted molar refractivity (Wildman–Crippen MR) is 141 cm³/mol. The fourth-order valence-corrected chi connectivity index (χ4v) is 4.13. The van der Waals surface area contributed by atoms with Crippen LogP contribution in [0.25, 0.3) is 34.0 Å². The molecule has 7 nitrogen and oxygen atoms in total. The Morgan fingerprint density at radius 1 is 0.972 bits per heavy atom. The third-order valence-electron chi connectivity index (χ3n) is 5.94. The molecule has 1 amide bonds. The lowest BCUT2D eigenvalue weighted by Gasteiger charge is -2.12. The van der Waals surface area contributed by atoms with Gasteiger partial charge in [-0.3, -0.25) is 4.79 Å². The molecule has 0 fully saturated rings. The van der Waals surface area contributed by atoms with E-state index in [9.17, 15) is 4.79 Å². The number of rotatable bonds is 11. The molecule has 0 saturated carbocycles. The molecule has 3 aromatic carbocycles. The summed E-state index contributed by atoms with van der Waals surface area (Å²) < 4.78 is 11.1. The van der Waals surface area contributed by atoms with E-state index < -0.39 is 0 Å². The van der Waals surface area contributed by atoms with Gasteiger partial charge in [0.1, 0.15) is 0 Å². The summed E-state index contributed by atoms with van der Waals surface area (Å²) in [5, 5.41) is 10.3. The van der Waals surface area contributed by atoms with Crippen LogP contribution in [-0.2, 0) is 22.6 Å². The number of nitrogens with one attached hydrogen (secondary N) is 2. The van der Waals surface area contributed by atoms with Crippen LogP contribution in [0.4, 0.5) is 0 Å². The van der Waals surface area contributed by atoms with Crippen LogP contribution >= 0.6 is 0 Å². The van der Waals surface area contributed by atoms with Crippen LogP contribution in [0, 0.1) is 6.92 Å². The van der Waals surface area contributed by atoms with Gasteiger partial charge in [-0.1, -0.05) is 60.6 Å². The molecule has 0 unspecified atom stereocenters. The highest BCUT2D eigenvalue weighted by Gasteiger charge is 2.15. The largest absolute Gasteiger partial charge is 0.380 e. The molecule has 1 aromatic heterocycles. The van der Waals surface area contributed by atoms with Crippen LogP contribution in [0.5, 0.6) is 0 Å². The van der Waals surface area contributed by atoms with Crippen LogP contribution in [0.3, 0.4) is 0 Å². The predicted octanol–water partition coefficient (Wildman–Crippen LogP) is 4.79. The van der Waals surface area contributed by atoms with Crippen LogP contribution in [0.2, 0.25) is 0 Å². The van der Waals surface area contributed by atoms with Gasteiger partial charge in [0.2, 0.25) is 11.7 Å². The maximum atomic E-state index is 12.2. The summed E-state index contributed by atoms with van der Waals surface area (Å²) >= 11 is 0.